The van der Waals surface area contributed by atoms with Crippen LogP contribution in [0.5, 0.6) is 0 Å². The summed E-state index contributed by atoms with van der Waals surface area (Å²) in [5.74, 6) is -0.0352. The smallest absolute Gasteiger partial charge is 0.317 e. The third-order valence-electron chi connectivity index (χ3n) is 4.03. The number of nitriles is 1. The van der Waals surface area contributed by atoms with Crippen LogP contribution in [0.15, 0.2) is 16.8 Å². The lowest BCUT2D eigenvalue weighted by Gasteiger charge is -2.32. The zero-order valence-corrected chi connectivity index (χ0v) is 14.9. The van der Waals surface area contributed by atoms with Gasteiger partial charge in [-0.3, -0.25) is 4.79 Å². The Labute approximate surface area is 146 Å². The Bertz CT molecular complexity index is 594. The summed E-state index contributed by atoms with van der Waals surface area (Å²) in [7, 11) is 0. The van der Waals surface area contributed by atoms with Crippen LogP contribution in [0.25, 0.3) is 0 Å². The number of nitrogens with one attached hydrogen (secondary N) is 2. The van der Waals surface area contributed by atoms with Crippen LogP contribution >= 0.6 is 11.3 Å². The fraction of sp³-hybridized carbons (Fsp3) is 0.588. The van der Waals surface area contributed by atoms with Gasteiger partial charge >= 0.3 is 6.03 Å². The minimum atomic E-state index is -0.631. The van der Waals surface area contributed by atoms with E-state index >= 15 is 0 Å². The molecule has 0 aromatic carbocycles. The molecule has 3 amide bonds. The van der Waals surface area contributed by atoms with Crippen LogP contribution in [-0.2, 0) is 4.79 Å². The Balaban J connectivity index is 1.90. The molecule has 1 aromatic heterocycles. The molecule has 0 bridgehead atoms. The van der Waals surface area contributed by atoms with Gasteiger partial charge in [-0.15, -0.1) is 0 Å². The summed E-state index contributed by atoms with van der Waals surface area (Å²) in [4.78, 5) is 26.3. The predicted octanol–water partition coefficient (Wildman–Crippen LogP) is 2.51. The molecule has 0 radical (unpaired) electrons. The zero-order chi connectivity index (χ0) is 17.5. The van der Waals surface area contributed by atoms with Crippen molar-refractivity contribution in [2.45, 2.75) is 32.7 Å². The third kappa shape index (κ3) is 4.96. The van der Waals surface area contributed by atoms with Gasteiger partial charge in [0.15, 0.2) is 0 Å². The number of likely N-dealkylation sites (tertiary alicyclic amines) is 1. The summed E-state index contributed by atoms with van der Waals surface area (Å²) in [6.45, 7) is 5.77. The van der Waals surface area contributed by atoms with E-state index in [9.17, 15) is 14.9 Å². The molecule has 1 aliphatic rings. The second-order valence-corrected chi connectivity index (χ2v) is 7.27. The molecule has 1 saturated heterocycles. The van der Waals surface area contributed by atoms with Crippen LogP contribution in [0.1, 0.15) is 38.3 Å². The molecule has 1 aromatic rings. The summed E-state index contributed by atoms with van der Waals surface area (Å²) in [5.41, 5.74) is 0.804. The summed E-state index contributed by atoms with van der Waals surface area (Å²) >= 11 is 1.49. The molecule has 24 heavy (non-hydrogen) atoms. The standard InChI is InChI=1S/C17H24N4O2S/c1-12(2)9-19-17(23)21-6-3-4-13(10-21)16(22)20-15(8-18)14-5-7-24-11-14/h5,7,11-13,15H,3-4,6,9-10H2,1-2H3,(H,19,23)(H,20,22)/t13-,15-/m1/s1. The van der Waals surface area contributed by atoms with E-state index in [2.05, 4.69) is 16.7 Å². The van der Waals surface area contributed by atoms with E-state index in [4.69, 9.17) is 0 Å². The Kier molecular flexibility index (Phi) is 6.62. The van der Waals surface area contributed by atoms with Gasteiger partial charge in [0, 0.05) is 19.6 Å². The van der Waals surface area contributed by atoms with Gasteiger partial charge in [0.1, 0.15) is 6.04 Å². The largest absolute Gasteiger partial charge is 0.338 e. The number of amides is 3. The SMILES string of the molecule is CC(C)CNC(=O)N1CCC[C@@H](C(=O)N[C@H](C#N)c2ccsc2)C1. The van der Waals surface area contributed by atoms with Crippen LogP contribution < -0.4 is 10.6 Å². The minimum absolute atomic E-state index is 0.115. The molecule has 0 saturated carbocycles. The topological polar surface area (TPSA) is 85.2 Å². The lowest BCUT2D eigenvalue weighted by Crippen LogP contribution is -2.49. The third-order valence-corrected chi connectivity index (χ3v) is 4.73. The highest BCUT2D eigenvalue weighted by molar-refractivity contribution is 7.08. The lowest BCUT2D eigenvalue weighted by atomic mass is 9.96. The Hall–Kier alpha value is -2.07. The molecule has 130 valence electrons. The molecule has 0 unspecified atom stereocenters. The van der Waals surface area contributed by atoms with Crippen molar-refractivity contribution in [2.75, 3.05) is 19.6 Å². The molecule has 7 heteroatoms. The van der Waals surface area contributed by atoms with E-state index in [1.54, 1.807) is 4.90 Å². The summed E-state index contributed by atoms with van der Waals surface area (Å²) in [6, 6.07) is 3.22. The zero-order valence-electron chi connectivity index (χ0n) is 14.1. The highest BCUT2D eigenvalue weighted by Crippen LogP contribution is 2.20. The van der Waals surface area contributed by atoms with Gasteiger partial charge in [-0.25, -0.2) is 4.79 Å². The fourth-order valence-corrected chi connectivity index (χ4v) is 3.35. The van der Waals surface area contributed by atoms with Crippen LogP contribution in [0.4, 0.5) is 4.79 Å². The molecule has 2 N–H and O–H groups in total. The first-order valence-electron chi connectivity index (χ1n) is 8.26. The first-order valence-corrected chi connectivity index (χ1v) is 9.20. The Morgan fingerprint density at radius 2 is 2.29 bits per heavy atom. The van der Waals surface area contributed by atoms with Crippen LogP contribution in [0.2, 0.25) is 0 Å². The van der Waals surface area contributed by atoms with Gasteiger partial charge in [0.05, 0.1) is 12.0 Å². The number of carbonyl (C=O) groups excluding carboxylic acids is 2. The van der Waals surface area contributed by atoms with Crippen molar-refractivity contribution >= 4 is 23.3 Å². The highest BCUT2D eigenvalue weighted by atomic mass is 32.1. The number of thiophene rings is 1. The number of nitrogens with zero attached hydrogens (tertiary/aromatic N) is 2. The monoisotopic (exact) mass is 348 g/mol. The second-order valence-electron chi connectivity index (χ2n) is 6.49. The Morgan fingerprint density at radius 3 is 2.92 bits per heavy atom. The van der Waals surface area contributed by atoms with Crippen molar-refractivity contribution in [3.05, 3.63) is 22.4 Å². The molecule has 6 nitrogen and oxygen atoms in total. The van der Waals surface area contributed by atoms with Crippen LogP contribution in [0, 0.1) is 23.2 Å². The number of rotatable bonds is 5. The second kappa shape index (κ2) is 8.69. The average Bonchev–Trinajstić information content (AvgIpc) is 3.11. The van der Waals surface area contributed by atoms with Gasteiger partial charge < -0.3 is 15.5 Å². The maximum Gasteiger partial charge on any atom is 0.317 e. The summed E-state index contributed by atoms with van der Waals surface area (Å²) in [6.07, 6.45) is 1.53. The lowest BCUT2D eigenvalue weighted by molar-refractivity contribution is -0.126. The number of hydrogen-bond acceptors (Lipinski definition) is 4. The van der Waals surface area contributed by atoms with Gasteiger partial charge in [0.2, 0.25) is 5.91 Å². The molecular formula is C17H24N4O2S. The maximum absolute atomic E-state index is 12.5. The van der Waals surface area contributed by atoms with Crippen LogP contribution in [-0.4, -0.2) is 36.5 Å². The first kappa shape index (κ1) is 18.3. The van der Waals surface area contributed by atoms with E-state index < -0.39 is 6.04 Å². The molecule has 2 rings (SSSR count). The number of hydrogen-bond donors (Lipinski definition) is 2. The average molecular weight is 348 g/mol. The van der Waals surface area contributed by atoms with Crippen molar-refractivity contribution in [3.63, 3.8) is 0 Å². The molecule has 0 spiro atoms. The number of carbonyl (C=O) groups is 2. The van der Waals surface area contributed by atoms with Crippen molar-refractivity contribution in [2.24, 2.45) is 11.8 Å². The molecule has 2 atom stereocenters. The van der Waals surface area contributed by atoms with Crippen molar-refractivity contribution in [1.29, 1.82) is 5.26 Å². The minimum Gasteiger partial charge on any atom is -0.338 e. The quantitative estimate of drug-likeness (QED) is 0.857. The number of piperidine rings is 1. The maximum atomic E-state index is 12.5. The van der Waals surface area contributed by atoms with Crippen molar-refractivity contribution in [3.8, 4) is 6.07 Å². The highest BCUT2D eigenvalue weighted by Gasteiger charge is 2.29. The van der Waals surface area contributed by atoms with Gasteiger partial charge in [0.25, 0.3) is 0 Å². The van der Waals surface area contributed by atoms with Crippen molar-refractivity contribution in [1.82, 2.24) is 15.5 Å². The van der Waals surface area contributed by atoms with Gasteiger partial charge in [-0.05, 0) is 41.1 Å². The van der Waals surface area contributed by atoms with Gasteiger partial charge in [-0.2, -0.15) is 16.6 Å². The molecular weight excluding hydrogens is 324 g/mol. The van der Waals surface area contributed by atoms with E-state index in [0.29, 0.717) is 25.6 Å². The first-order chi connectivity index (χ1) is 11.5. The van der Waals surface area contributed by atoms with Crippen LogP contribution in [0.3, 0.4) is 0 Å². The summed E-state index contributed by atoms with van der Waals surface area (Å²) in [5, 5.41) is 18.7. The van der Waals surface area contributed by atoms with E-state index in [1.807, 2.05) is 30.7 Å². The molecule has 0 aliphatic carbocycles. The molecule has 1 aliphatic heterocycles. The van der Waals surface area contributed by atoms with Gasteiger partial charge in [-0.1, -0.05) is 13.8 Å². The molecule has 1 fully saturated rings. The summed E-state index contributed by atoms with van der Waals surface area (Å²) < 4.78 is 0. The fourth-order valence-electron chi connectivity index (χ4n) is 2.67. The van der Waals surface area contributed by atoms with E-state index in [-0.39, 0.29) is 17.9 Å². The molecule has 2 heterocycles. The number of urea groups is 1. The predicted molar refractivity (Wildman–Crippen MR) is 93.3 cm³/mol. The van der Waals surface area contributed by atoms with E-state index in [0.717, 1.165) is 18.4 Å². The van der Waals surface area contributed by atoms with E-state index in [1.165, 1.54) is 11.3 Å². The normalized spacial score (nSPS) is 18.8. The van der Waals surface area contributed by atoms with Crippen molar-refractivity contribution < 1.29 is 9.59 Å². The Morgan fingerprint density at radius 1 is 1.50 bits per heavy atom.